The fraction of sp³-hybridized carbons (Fsp3) is 0.143. The molecule has 1 amide bonds. The van der Waals surface area contributed by atoms with E-state index in [1.807, 2.05) is 32.0 Å². The predicted molar refractivity (Wildman–Crippen MR) is 117 cm³/mol. The number of nitrogens with one attached hydrogen (secondary N) is 1. The van der Waals surface area contributed by atoms with Gasteiger partial charge in [-0.1, -0.05) is 23.7 Å². The van der Waals surface area contributed by atoms with Crippen LogP contribution >= 0.6 is 11.6 Å². The molecule has 2 heterocycles. The molecule has 4 rings (SSSR count). The number of rotatable bonds is 3. The number of fused-ring (bicyclic) bond motifs is 1. The molecular formula is C21H19ClN4O3S. The third-order valence-corrected chi connectivity index (χ3v) is 6.31. The number of primary sulfonamides is 1. The van der Waals surface area contributed by atoms with Gasteiger partial charge in [0.05, 0.1) is 16.3 Å². The third kappa shape index (κ3) is 3.43. The van der Waals surface area contributed by atoms with E-state index in [1.54, 1.807) is 17.7 Å². The summed E-state index contributed by atoms with van der Waals surface area (Å²) in [6.07, 6.45) is 1.63. The van der Waals surface area contributed by atoms with Gasteiger partial charge >= 0.3 is 0 Å². The van der Waals surface area contributed by atoms with Crippen molar-refractivity contribution in [1.29, 1.82) is 0 Å². The number of hydrogen-bond donors (Lipinski definition) is 2. The zero-order chi connectivity index (χ0) is 21.8. The lowest BCUT2D eigenvalue weighted by atomic mass is 10.0. The Morgan fingerprint density at radius 1 is 1.13 bits per heavy atom. The first-order valence-corrected chi connectivity index (χ1v) is 11.0. The second-order valence-corrected chi connectivity index (χ2v) is 9.18. The van der Waals surface area contributed by atoms with Gasteiger partial charge in [0.25, 0.3) is 5.91 Å². The Labute approximate surface area is 179 Å². The zero-order valence-electron chi connectivity index (χ0n) is 16.5. The summed E-state index contributed by atoms with van der Waals surface area (Å²) in [6.45, 7) is 5.75. The van der Waals surface area contributed by atoms with Gasteiger partial charge in [0, 0.05) is 22.4 Å². The van der Waals surface area contributed by atoms with Gasteiger partial charge in [0.1, 0.15) is 5.15 Å². The molecule has 0 fully saturated rings. The minimum Gasteiger partial charge on any atom is -0.321 e. The van der Waals surface area contributed by atoms with Crippen molar-refractivity contribution in [3.8, 4) is 5.69 Å². The summed E-state index contributed by atoms with van der Waals surface area (Å²) in [5.41, 5.74) is 5.39. The van der Waals surface area contributed by atoms with E-state index in [1.165, 1.54) is 18.2 Å². The summed E-state index contributed by atoms with van der Waals surface area (Å²) in [7, 11) is -3.90. The summed E-state index contributed by atoms with van der Waals surface area (Å²) in [4.78, 5) is 12.5. The van der Waals surface area contributed by atoms with Crippen molar-refractivity contribution in [2.24, 2.45) is 5.14 Å². The second kappa shape index (κ2) is 7.09. The van der Waals surface area contributed by atoms with Crippen molar-refractivity contribution in [2.45, 2.75) is 25.7 Å². The maximum absolute atomic E-state index is 12.6. The number of anilines is 1. The van der Waals surface area contributed by atoms with E-state index in [2.05, 4.69) is 10.4 Å². The van der Waals surface area contributed by atoms with Crippen LogP contribution in [0.4, 0.5) is 5.69 Å². The number of benzene rings is 2. The number of carbonyl (C=O) groups is 1. The number of hydrogen-bond acceptors (Lipinski definition) is 4. The van der Waals surface area contributed by atoms with E-state index in [0.717, 1.165) is 16.8 Å². The summed E-state index contributed by atoms with van der Waals surface area (Å²) in [5, 5.41) is 12.9. The van der Waals surface area contributed by atoms with Gasteiger partial charge in [-0.05, 0) is 62.2 Å². The number of carbonyl (C=O) groups excluding carboxylic acids is 1. The smallest absolute Gasteiger partial charge is 0.256 e. The van der Waals surface area contributed by atoms with Crippen molar-refractivity contribution in [2.75, 3.05) is 5.32 Å². The fourth-order valence-electron chi connectivity index (χ4n) is 3.41. The summed E-state index contributed by atoms with van der Waals surface area (Å²) in [6, 6.07) is 10.2. The highest BCUT2D eigenvalue weighted by molar-refractivity contribution is 7.89. The average Bonchev–Trinajstić information content (AvgIpc) is 3.13. The van der Waals surface area contributed by atoms with Gasteiger partial charge < -0.3 is 5.32 Å². The van der Waals surface area contributed by atoms with Gasteiger partial charge in [0.2, 0.25) is 10.0 Å². The lowest BCUT2D eigenvalue weighted by Crippen LogP contribution is -2.12. The lowest BCUT2D eigenvalue weighted by Gasteiger charge is -2.08. The standard InChI is InChI=1S/C21H19ClN4O3S/c1-11-4-5-12(2)19(8-11)26-20(22)15(13(3)25-26)10-17-16-9-14(30(23,28)29)6-7-18(16)24-21(17)27/h4-10H,1-3H3,(H,24,27)(H2,23,28,29). The Bertz CT molecular complexity index is 1360. The van der Waals surface area contributed by atoms with Crippen LogP contribution in [-0.2, 0) is 14.8 Å². The molecule has 2 aromatic carbocycles. The molecule has 1 aromatic heterocycles. The number of nitrogens with two attached hydrogens (primary N) is 1. The van der Waals surface area contributed by atoms with Crippen LogP contribution in [0.3, 0.4) is 0 Å². The Hall–Kier alpha value is -2.94. The molecule has 0 aliphatic carbocycles. The minimum absolute atomic E-state index is 0.0717. The van der Waals surface area contributed by atoms with Crippen molar-refractivity contribution in [3.63, 3.8) is 0 Å². The van der Waals surface area contributed by atoms with E-state index in [9.17, 15) is 13.2 Å². The average molecular weight is 443 g/mol. The van der Waals surface area contributed by atoms with Gasteiger partial charge in [-0.3, -0.25) is 4.79 Å². The van der Waals surface area contributed by atoms with Crippen LogP contribution in [0.1, 0.15) is 27.9 Å². The highest BCUT2D eigenvalue weighted by Crippen LogP contribution is 2.36. The highest BCUT2D eigenvalue weighted by Gasteiger charge is 2.27. The molecule has 0 atom stereocenters. The van der Waals surface area contributed by atoms with Crippen LogP contribution in [-0.4, -0.2) is 24.1 Å². The normalized spacial score (nSPS) is 14.8. The van der Waals surface area contributed by atoms with Crippen LogP contribution < -0.4 is 10.5 Å². The first-order chi connectivity index (χ1) is 14.1. The van der Waals surface area contributed by atoms with Crippen LogP contribution in [0.25, 0.3) is 17.3 Å². The van der Waals surface area contributed by atoms with Crippen LogP contribution in [0.2, 0.25) is 5.15 Å². The molecule has 0 saturated carbocycles. The molecule has 1 aliphatic heterocycles. The Balaban J connectivity index is 1.87. The first kappa shape index (κ1) is 20.3. The van der Waals surface area contributed by atoms with Gasteiger partial charge in [0.15, 0.2) is 0 Å². The van der Waals surface area contributed by atoms with Crippen LogP contribution in [0.15, 0.2) is 41.3 Å². The molecule has 0 radical (unpaired) electrons. The van der Waals surface area contributed by atoms with Gasteiger partial charge in [-0.2, -0.15) is 5.10 Å². The minimum atomic E-state index is -3.90. The van der Waals surface area contributed by atoms with Gasteiger partial charge in [-0.25, -0.2) is 18.2 Å². The van der Waals surface area contributed by atoms with Crippen LogP contribution in [0.5, 0.6) is 0 Å². The molecule has 3 N–H and O–H groups in total. The summed E-state index contributed by atoms with van der Waals surface area (Å²) < 4.78 is 25.1. The molecule has 9 heteroatoms. The molecule has 154 valence electrons. The Morgan fingerprint density at radius 2 is 1.87 bits per heavy atom. The van der Waals surface area contributed by atoms with E-state index in [0.29, 0.717) is 33.2 Å². The molecule has 30 heavy (non-hydrogen) atoms. The molecule has 0 unspecified atom stereocenters. The van der Waals surface area contributed by atoms with Crippen molar-refractivity contribution in [1.82, 2.24) is 9.78 Å². The predicted octanol–water partition coefficient (Wildman–Crippen LogP) is 3.59. The molecule has 0 bridgehead atoms. The topological polar surface area (TPSA) is 107 Å². The monoisotopic (exact) mass is 442 g/mol. The molecule has 0 spiro atoms. The maximum Gasteiger partial charge on any atom is 0.256 e. The van der Waals surface area contributed by atoms with Crippen molar-refractivity contribution in [3.05, 3.63) is 69.5 Å². The van der Waals surface area contributed by atoms with Crippen molar-refractivity contribution < 1.29 is 13.2 Å². The van der Waals surface area contributed by atoms with Gasteiger partial charge in [-0.15, -0.1) is 0 Å². The second-order valence-electron chi connectivity index (χ2n) is 7.26. The molecule has 1 aliphatic rings. The largest absolute Gasteiger partial charge is 0.321 e. The molecule has 0 saturated heterocycles. The lowest BCUT2D eigenvalue weighted by molar-refractivity contribution is -0.110. The molecule has 3 aromatic rings. The molecular weight excluding hydrogens is 424 g/mol. The van der Waals surface area contributed by atoms with E-state index >= 15 is 0 Å². The van der Waals surface area contributed by atoms with Crippen molar-refractivity contribution >= 4 is 44.9 Å². The van der Waals surface area contributed by atoms with E-state index in [-0.39, 0.29) is 10.8 Å². The molecule has 7 nitrogen and oxygen atoms in total. The zero-order valence-corrected chi connectivity index (χ0v) is 18.1. The number of halogens is 1. The Morgan fingerprint density at radius 3 is 2.57 bits per heavy atom. The van der Waals surface area contributed by atoms with E-state index in [4.69, 9.17) is 16.7 Å². The van der Waals surface area contributed by atoms with Crippen LogP contribution in [0, 0.1) is 20.8 Å². The number of aromatic nitrogens is 2. The maximum atomic E-state index is 12.6. The highest BCUT2D eigenvalue weighted by atomic mass is 35.5. The third-order valence-electron chi connectivity index (χ3n) is 5.03. The summed E-state index contributed by atoms with van der Waals surface area (Å²) >= 11 is 6.65. The number of amides is 1. The quantitative estimate of drug-likeness (QED) is 0.604. The number of nitrogens with zero attached hydrogens (tertiary/aromatic N) is 2. The first-order valence-electron chi connectivity index (χ1n) is 9.09. The number of sulfonamides is 1. The SMILES string of the molecule is Cc1ccc(C)c(-n2nc(C)c(C=C3C(=O)Nc4ccc(S(N)(=O)=O)cc43)c2Cl)c1. The fourth-order valence-corrected chi connectivity index (χ4v) is 4.27. The summed E-state index contributed by atoms with van der Waals surface area (Å²) in [5.74, 6) is -0.355. The Kier molecular flexibility index (Phi) is 4.80. The number of aryl methyl sites for hydroxylation is 3. The van der Waals surface area contributed by atoms with E-state index < -0.39 is 10.0 Å².